The molecule has 152 valence electrons. The van der Waals surface area contributed by atoms with E-state index >= 15 is 0 Å². The number of esters is 1. The fraction of sp³-hybridized carbons (Fsp3) is 0.652. The molecule has 0 fully saturated rings. The Morgan fingerprint density at radius 2 is 2.00 bits per heavy atom. The molecule has 0 aliphatic heterocycles. The van der Waals surface area contributed by atoms with Gasteiger partial charge in [-0.2, -0.15) is 0 Å². The van der Waals surface area contributed by atoms with Crippen LogP contribution in [0.3, 0.4) is 0 Å². The molecule has 0 bridgehead atoms. The van der Waals surface area contributed by atoms with Gasteiger partial charge in [0.15, 0.2) is 0 Å². The number of hydrogen-bond donors (Lipinski definition) is 2. The van der Waals surface area contributed by atoms with E-state index in [2.05, 4.69) is 29.5 Å². The maximum absolute atomic E-state index is 11.5. The van der Waals surface area contributed by atoms with E-state index in [4.69, 9.17) is 0 Å². The summed E-state index contributed by atoms with van der Waals surface area (Å²) in [5.41, 5.74) is 6.56. The molecule has 0 saturated carbocycles. The number of carbonyl (C=O) groups excluding carboxylic acids is 1. The molecule has 27 heavy (non-hydrogen) atoms. The van der Waals surface area contributed by atoms with Gasteiger partial charge < -0.3 is 14.9 Å². The summed E-state index contributed by atoms with van der Waals surface area (Å²) in [6.45, 7) is 5.70. The number of hydrogen-bond acceptors (Lipinski definition) is 4. The van der Waals surface area contributed by atoms with Crippen molar-refractivity contribution in [3.63, 3.8) is 0 Å². The van der Waals surface area contributed by atoms with Gasteiger partial charge in [0, 0.05) is 6.42 Å². The molecule has 0 amide bonds. The van der Waals surface area contributed by atoms with Gasteiger partial charge >= 0.3 is 5.97 Å². The van der Waals surface area contributed by atoms with Crippen LogP contribution >= 0.6 is 0 Å². The van der Waals surface area contributed by atoms with Crippen molar-refractivity contribution in [3.8, 4) is 0 Å². The van der Waals surface area contributed by atoms with Crippen LogP contribution in [0.15, 0.2) is 40.7 Å². The highest BCUT2D eigenvalue weighted by atomic mass is 16.6. The van der Waals surface area contributed by atoms with Crippen molar-refractivity contribution in [2.24, 2.45) is 0 Å². The first-order valence-electron chi connectivity index (χ1n) is 10.3. The number of allylic oxidation sites excluding steroid dienone is 4. The summed E-state index contributed by atoms with van der Waals surface area (Å²) in [4.78, 5) is 11.5. The third kappa shape index (κ3) is 9.23. The van der Waals surface area contributed by atoms with Crippen LogP contribution in [0.25, 0.3) is 0 Å². The molecule has 0 saturated heterocycles. The lowest BCUT2D eigenvalue weighted by atomic mass is 10.0. The Bertz CT molecular complexity index is 589. The van der Waals surface area contributed by atoms with E-state index in [1.807, 2.05) is 6.08 Å². The smallest absolute Gasteiger partial charge is 0.366 e. The summed E-state index contributed by atoms with van der Waals surface area (Å²) in [6.07, 6.45) is 16.9. The monoisotopic (exact) mass is 376 g/mol. The SMILES string of the molecule is CCCCCCC=CC1=C(CC=C=C(C)CC(O)(O)C(=O)OCC)CCC1. The predicted molar refractivity (Wildman–Crippen MR) is 109 cm³/mol. The van der Waals surface area contributed by atoms with Gasteiger partial charge in [0.05, 0.1) is 6.61 Å². The number of rotatable bonds is 12. The van der Waals surface area contributed by atoms with E-state index in [1.54, 1.807) is 13.8 Å². The summed E-state index contributed by atoms with van der Waals surface area (Å²) in [7, 11) is 0. The van der Waals surface area contributed by atoms with Gasteiger partial charge in [-0.1, -0.05) is 43.9 Å². The Hall–Kier alpha value is -1.61. The van der Waals surface area contributed by atoms with Crippen molar-refractivity contribution in [3.05, 3.63) is 40.7 Å². The second-order valence-corrected chi connectivity index (χ2v) is 7.28. The second kappa shape index (κ2) is 12.7. The fourth-order valence-corrected chi connectivity index (χ4v) is 3.27. The summed E-state index contributed by atoms with van der Waals surface area (Å²) in [5, 5.41) is 19.6. The van der Waals surface area contributed by atoms with Crippen LogP contribution in [0.5, 0.6) is 0 Å². The van der Waals surface area contributed by atoms with E-state index < -0.39 is 11.8 Å². The molecule has 0 aromatic heterocycles. The highest BCUT2D eigenvalue weighted by molar-refractivity contribution is 5.77. The minimum atomic E-state index is -2.49. The summed E-state index contributed by atoms with van der Waals surface area (Å²) >= 11 is 0. The molecule has 1 rings (SSSR count). The van der Waals surface area contributed by atoms with Crippen LogP contribution < -0.4 is 0 Å². The number of carbonyl (C=O) groups is 1. The minimum Gasteiger partial charge on any atom is -0.462 e. The molecule has 4 nitrogen and oxygen atoms in total. The Morgan fingerprint density at radius 3 is 2.70 bits per heavy atom. The molecular formula is C23H36O4. The maximum atomic E-state index is 11.5. The second-order valence-electron chi connectivity index (χ2n) is 7.28. The van der Waals surface area contributed by atoms with Gasteiger partial charge in [0.1, 0.15) is 0 Å². The highest BCUT2D eigenvalue weighted by Gasteiger charge is 2.35. The third-order valence-corrected chi connectivity index (χ3v) is 4.73. The van der Waals surface area contributed by atoms with Gasteiger partial charge in [-0.3, -0.25) is 0 Å². The van der Waals surface area contributed by atoms with Gasteiger partial charge in [-0.15, -0.1) is 5.73 Å². The predicted octanol–water partition coefficient (Wildman–Crippen LogP) is 5.12. The number of aliphatic hydroxyl groups is 2. The molecule has 0 spiro atoms. The normalized spacial score (nSPS) is 14.6. The van der Waals surface area contributed by atoms with Crippen molar-refractivity contribution >= 4 is 5.97 Å². The van der Waals surface area contributed by atoms with E-state index in [1.165, 1.54) is 43.3 Å². The first kappa shape index (κ1) is 23.4. The van der Waals surface area contributed by atoms with Crippen LogP contribution in [0.2, 0.25) is 0 Å². The van der Waals surface area contributed by atoms with Gasteiger partial charge in [0.25, 0.3) is 5.79 Å². The van der Waals surface area contributed by atoms with Crippen LogP contribution in [0, 0.1) is 0 Å². The van der Waals surface area contributed by atoms with Crippen LogP contribution in [0.4, 0.5) is 0 Å². The first-order chi connectivity index (χ1) is 12.9. The average Bonchev–Trinajstić information content (AvgIpc) is 3.05. The van der Waals surface area contributed by atoms with Crippen LogP contribution in [-0.4, -0.2) is 28.6 Å². The Morgan fingerprint density at radius 1 is 1.22 bits per heavy atom. The fourth-order valence-electron chi connectivity index (χ4n) is 3.27. The van der Waals surface area contributed by atoms with Crippen molar-refractivity contribution in [2.45, 2.75) is 90.8 Å². The minimum absolute atomic E-state index is 0.114. The quantitative estimate of drug-likeness (QED) is 0.215. The summed E-state index contributed by atoms with van der Waals surface area (Å²) in [5.74, 6) is -3.50. The van der Waals surface area contributed by atoms with E-state index in [-0.39, 0.29) is 13.0 Å². The van der Waals surface area contributed by atoms with E-state index in [0.717, 1.165) is 25.7 Å². The maximum Gasteiger partial charge on any atom is 0.366 e. The standard InChI is InChI=1S/C23H36O4/c1-4-6-7-8-9-10-14-20-16-12-17-21(20)15-11-13-19(3)18-23(25,26)22(24)27-5-2/h10-11,14,25-26H,4-9,12,15-18H2,1-3H3. The van der Waals surface area contributed by atoms with Crippen LogP contribution in [-0.2, 0) is 9.53 Å². The molecule has 0 radical (unpaired) electrons. The zero-order valence-electron chi connectivity index (χ0n) is 17.2. The summed E-state index contributed by atoms with van der Waals surface area (Å²) < 4.78 is 4.67. The lowest BCUT2D eigenvalue weighted by molar-refractivity contribution is -0.208. The number of unbranched alkanes of at least 4 members (excludes halogenated alkanes) is 4. The van der Waals surface area contributed by atoms with Crippen molar-refractivity contribution in [1.82, 2.24) is 0 Å². The molecule has 0 aromatic rings. The lowest BCUT2D eigenvalue weighted by Crippen LogP contribution is -2.40. The van der Waals surface area contributed by atoms with E-state index in [0.29, 0.717) is 5.57 Å². The van der Waals surface area contributed by atoms with Gasteiger partial charge in [-0.05, 0) is 69.6 Å². The molecule has 0 aromatic carbocycles. The molecule has 4 heteroatoms. The Balaban J connectivity index is 2.58. The molecule has 0 atom stereocenters. The number of ether oxygens (including phenoxy) is 1. The van der Waals surface area contributed by atoms with Gasteiger partial charge in [0.2, 0.25) is 0 Å². The third-order valence-electron chi connectivity index (χ3n) is 4.73. The van der Waals surface area contributed by atoms with Crippen LogP contribution in [0.1, 0.15) is 85.0 Å². The van der Waals surface area contributed by atoms with Crippen molar-refractivity contribution < 1.29 is 19.7 Å². The molecule has 0 unspecified atom stereocenters. The lowest BCUT2D eigenvalue weighted by Gasteiger charge is -2.18. The zero-order chi connectivity index (χ0) is 20.1. The topological polar surface area (TPSA) is 66.8 Å². The molecule has 1 aliphatic carbocycles. The van der Waals surface area contributed by atoms with E-state index in [9.17, 15) is 15.0 Å². The zero-order valence-corrected chi connectivity index (χ0v) is 17.2. The Kier molecular flexibility index (Phi) is 11.0. The summed E-state index contributed by atoms with van der Waals surface area (Å²) in [6, 6.07) is 0. The van der Waals surface area contributed by atoms with Crippen molar-refractivity contribution in [2.75, 3.05) is 6.61 Å². The molecular weight excluding hydrogens is 340 g/mol. The molecule has 1 aliphatic rings. The largest absolute Gasteiger partial charge is 0.462 e. The van der Waals surface area contributed by atoms with Gasteiger partial charge in [-0.25, -0.2) is 4.79 Å². The van der Waals surface area contributed by atoms with Crippen molar-refractivity contribution in [1.29, 1.82) is 0 Å². The first-order valence-corrected chi connectivity index (χ1v) is 10.3. The average molecular weight is 377 g/mol. The molecule has 2 N–H and O–H groups in total. The Labute approximate surface area is 164 Å². The molecule has 0 heterocycles. The highest BCUT2D eigenvalue weighted by Crippen LogP contribution is 2.29.